The number of fused-ring (bicyclic) bond motifs is 4. The first-order valence-corrected chi connectivity index (χ1v) is 12.5. The van der Waals surface area contributed by atoms with Crippen molar-refractivity contribution in [1.29, 1.82) is 0 Å². The van der Waals surface area contributed by atoms with Crippen molar-refractivity contribution in [3.63, 3.8) is 0 Å². The quantitative estimate of drug-likeness (QED) is 0.398. The second-order valence-electron chi connectivity index (χ2n) is 10.0. The van der Waals surface area contributed by atoms with Crippen LogP contribution >= 0.6 is 0 Å². The van der Waals surface area contributed by atoms with Crippen LogP contribution in [0.25, 0.3) is 55.4 Å². The van der Waals surface area contributed by atoms with E-state index in [4.69, 9.17) is 4.98 Å². The van der Waals surface area contributed by atoms with Crippen molar-refractivity contribution < 1.29 is 0 Å². The van der Waals surface area contributed by atoms with Gasteiger partial charge in [0.15, 0.2) is 0 Å². The lowest BCUT2D eigenvalue weighted by Crippen LogP contribution is -2.27. The van der Waals surface area contributed by atoms with Gasteiger partial charge in [-0.25, -0.2) is 9.78 Å². The van der Waals surface area contributed by atoms with Crippen molar-refractivity contribution in [2.75, 3.05) is 0 Å². The molecule has 1 fully saturated rings. The van der Waals surface area contributed by atoms with Crippen LogP contribution in [0.5, 0.6) is 0 Å². The fourth-order valence-corrected chi connectivity index (χ4v) is 6.03. The fourth-order valence-electron chi connectivity index (χ4n) is 6.03. The minimum atomic E-state index is 0.0315. The minimum absolute atomic E-state index is 0.0315. The summed E-state index contributed by atoms with van der Waals surface area (Å²) in [5.74, 6) is 0. The highest BCUT2D eigenvalue weighted by Gasteiger charge is 2.27. The summed E-state index contributed by atoms with van der Waals surface area (Å²) in [7, 11) is 5.73. The van der Waals surface area contributed by atoms with E-state index in [1.54, 1.807) is 9.25 Å². The molecule has 182 valence electrons. The second kappa shape index (κ2) is 7.68. The van der Waals surface area contributed by atoms with E-state index in [9.17, 15) is 4.79 Å². The second-order valence-corrected chi connectivity index (χ2v) is 10.0. The van der Waals surface area contributed by atoms with Gasteiger partial charge in [0, 0.05) is 49.9 Å². The molecule has 9 heteroatoms. The van der Waals surface area contributed by atoms with Crippen LogP contribution in [0, 0.1) is 0 Å². The summed E-state index contributed by atoms with van der Waals surface area (Å²) in [5, 5.41) is 10.9. The van der Waals surface area contributed by atoms with Gasteiger partial charge in [-0.1, -0.05) is 25.3 Å². The van der Waals surface area contributed by atoms with Crippen molar-refractivity contribution in [1.82, 2.24) is 38.7 Å². The largest absolute Gasteiger partial charge is 0.339 e. The van der Waals surface area contributed by atoms with E-state index in [0.29, 0.717) is 0 Å². The summed E-state index contributed by atoms with van der Waals surface area (Å²) in [6.45, 7) is 0. The maximum absolute atomic E-state index is 13.6. The third-order valence-corrected chi connectivity index (χ3v) is 7.84. The van der Waals surface area contributed by atoms with Crippen LogP contribution < -0.4 is 5.69 Å². The van der Waals surface area contributed by atoms with Gasteiger partial charge in [-0.15, -0.1) is 0 Å². The first kappa shape index (κ1) is 21.2. The van der Waals surface area contributed by atoms with Gasteiger partial charge in [0.2, 0.25) is 0 Å². The Bertz CT molecular complexity index is 1840. The standard InChI is InChI=1S/C27H28N8O/c1-32-15-18(13-29-32)24-22(16-9-10-20-17(11-16)12-30-34(20)3)23-25-21(14-28-26(23)31-24)33(2)27(36)35(25)19-7-5-4-6-8-19/h9-15,19H,4-8H2,1-3H3,(H,28,31). The Labute approximate surface area is 207 Å². The molecule has 5 heterocycles. The van der Waals surface area contributed by atoms with Crippen molar-refractivity contribution in [3.05, 3.63) is 53.5 Å². The molecule has 0 atom stereocenters. The fraction of sp³-hybridized carbons (Fsp3) is 0.333. The van der Waals surface area contributed by atoms with E-state index in [1.807, 2.05) is 55.2 Å². The lowest BCUT2D eigenvalue weighted by molar-refractivity contribution is 0.351. The molecule has 0 aliphatic heterocycles. The zero-order chi connectivity index (χ0) is 24.6. The Morgan fingerprint density at radius 3 is 2.56 bits per heavy atom. The highest BCUT2D eigenvalue weighted by atomic mass is 16.1. The molecule has 1 aromatic carbocycles. The Morgan fingerprint density at radius 1 is 0.944 bits per heavy atom. The number of hydrogen-bond donors (Lipinski definition) is 1. The molecule has 6 aromatic rings. The van der Waals surface area contributed by atoms with Crippen LogP contribution in [0.3, 0.4) is 0 Å². The Hall–Kier alpha value is -4.14. The molecule has 9 nitrogen and oxygen atoms in total. The number of nitrogens with zero attached hydrogens (tertiary/aromatic N) is 7. The van der Waals surface area contributed by atoms with Gasteiger partial charge in [0.25, 0.3) is 0 Å². The first-order valence-electron chi connectivity index (χ1n) is 12.5. The topological polar surface area (TPSA) is 91.3 Å². The van der Waals surface area contributed by atoms with Gasteiger partial charge >= 0.3 is 5.69 Å². The summed E-state index contributed by atoms with van der Waals surface area (Å²) in [5.41, 5.74) is 7.73. The lowest BCUT2D eigenvalue weighted by atomic mass is 9.94. The number of pyridine rings is 1. The molecule has 1 saturated carbocycles. The van der Waals surface area contributed by atoms with Crippen molar-refractivity contribution >= 4 is 33.0 Å². The van der Waals surface area contributed by atoms with Crippen LogP contribution in [0.2, 0.25) is 0 Å². The summed E-state index contributed by atoms with van der Waals surface area (Å²) in [6, 6.07) is 6.62. The number of nitrogens with one attached hydrogen (secondary N) is 1. The van der Waals surface area contributed by atoms with Crippen LogP contribution in [0.15, 0.2) is 47.8 Å². The minimum Gasteiger partial charge on any atom is -0.339 e. The maximum Gasteiger partial charge on any atom is 0.329 e. The summed E-state index contributed by atoms with van der Waals surface area (Å²) < 4.78 is 7.49. The number of aryl methyl sites for hydroxylation is 3. The van der Waals surface area contributed by atoms with E-state index >= 15 is 0 Å². The number of aromatic nitrogens is 8. The summed E-state index contributed by atoms with van der Waals surface area (Å²) >= 11 is 0. The highest BCUT2D eigenvalue weighted by Crippen LogP contribution is 2.42. The molecule has 0 saturated heterocycles. The molecule has 7 rings (SSSR count). The number of imidazole rings is 1. The highest BCUT2D eigenvalue weighted by molar-refractivity contribution is 6.14. The predicted octanol–water partition coefficient (Wildman–Crippen LogP) is 4.68. The molecule has 1 aliphatic carbocycles. The van der Waals surface area contributed by atoms with Crippen molar-refractivity contribution in [3.8, 4) is 22.4 Å². The van der Waals surface area contributed by atoms with Crippen LogP contribution in [-0.2, 0) is 21.1 Å². The van der Waals surface area contributed by atoms with Gasteiger partial charge in [0.05, 0.1) is 46.2 Å². The molecule has 1 aliphatic rings. The number of hydrogen-bond acceptors (Lipinski definition) is 4. The Balaban J connectivity index is 1.62. The smallest absolute Gasteiger partial charge is 0.329 e. The number of benzene rings is 1. The number of aromatic amines is 1. The molecule has 1 N–H and O–H groups in total. The number of H-pyrrole nitrogens is 1. The molecular formula is C27H28N8O. The third-order valence-electron chi connectivity index (χ3n) is 7.84. The van der Waals surface area contributed by atoms with Gasteiger partial charge in [-0.05, 0) is 30.5 Å². The molecule has 0 unspecified atom stereocenters. The average molecular weight is 481 g/mol. The monoisotopic (exact) mass is 480 g/mol. The zero-order valence-electron chi connectivity index (χ0n) is 20.7. The van der Waals surface area contributed by atoms with E-state index in [-0.39, 0.29) is 11.7 Å². The van der Waals surface area contributed by atoms with Crippen molar-refractivity contribution in [2.24, 2.45) is 21.1 Å². The van der Waals surface area contributed by atoms with Gasteiger partial charge < -0.3 is 4.98 Å². The molecule has 5 aromatic heterocycles. The lowest BCUT2D eigenvalue weighted by Gasteiger charge is -2.23. The first-order chi connectivity index (χ1) is 17.5. The van der Waals surface area contributed by atoms with Crippen LogP contribution in [0.4, 0.5) is 0 Å². The van der Waals surface area contributed by atoms with E-state index in [1.165, 1.54) is 6.42 Å². The van der Waals surface area contributed by atoms with Gasteiger partial charge in [-0.3, -0.25) is 18.5 Å². The van der Waals surface area contributed by atoms with E-state index < -0.39 is 0 Å². The Kier molecular flexibility index (Phi) is 4.52. The van der Waals surface area contributed by atoms with Gasteiger partial charge in [-0.2, -0.15) is 10.2 Å². The maximum atomic E-state index is 13.6. The van der Waals surface area contributed by atoms with Crippen LogP contribution in [0.1, 0.15) is 38.1 Å². The average Bonchev–Trinajstić information content (AvgIpc) is 3.64. The summed E-state index contributed by atoms with van der Waals surface area (Å²) in [6.07, 6.45) is 13.2. The van der Waals surface area contributed by atoms with Crippen molar-refractivity contribution in [2.45, 2.75) is 38.1 Å². The normalized spacial score (nSPS) is 15.1. The van der Waals surface area contributed by atoms with Crippen LogP contribution in [-0.4, -0.2) is 38.7 Å². The summed E-state index contributed by atoms with van der Waals surface area (Å²) in [4.78, 5) is 22.0. The van der Waals surface area contributed by atoms with E-state index in [0.717, 1.165) is 81.0 Å². The molecule has 36 heavy (non-hydrogen) atoms. The Morgan fingerprint density at radius 2 is 1.78 bits per heavy atom. The predicted molar refractivity (Wildman–Crippen MR) is 141 cm³/mol. The molecule has 0 amide bonds. The van der Waals surface area contributed by atoms with Gasteiger partial charge in [0.1, 0.15) is 5.65 Å². The number of rotatable bonds is 3. The molecule has 0 radical (unpaired) electrons. The third kappa shape index (κ3) is 2.95. The molecular weight excluding hydrogens is 452 g/mol. The SMILES string of the molecule is Cn1cc(-c2[nH]c3ncc4c(c3c2-c2ccc3c(cnn3C)c2)n(C2CCCCC2)c(=O)n4C)cn1. The molecule has 0 bridgehead atoms. The van der Waals surface area contributed by atoms with E-state index in [2.05, 4.69) is 33.4 Å². The zero-order valence-corrected chi connectivity index (χ0v) is 20.7. The molecule has 0 spiro atoms.